The smallest absolute Gasteiger partial charge is 0.321 e. The molecule has 2 aromatic rings. The Bertz CT molecular complexity index is 511. The Morgan fingerprint density at radius 1 is 1.44 bits per heavy atom. The summed E-state index contributed by atoms with van der Waals surface area (Å²) in [5.41, 5.74) is 0.946. The lowest BCUT2D eigenvalue weighted by Crippen LogP contribution is -2.27. The highest BCUT2D eigenvalue weighted by Gasteiger charge is 2.04. The van der Waals surface area contributed by atoms with Crippen LogP contribution in [0.2, 0.25) is 0 Å². The van der Waals surface area contributed by atoms with Crippen LogP contribution in [0.5, 0.6) is 5.75 Å². The Hall–Kier alpha value is -2.50. The van der Waals surface area contributed by atoms with Crippen molar-refractivity contribution in [2.45, 2.75) is 6.54 Å². The molecule has 2 N–H and O–H groups in total. The van der Waals surface area contributed by atoms with Crippen LogP contribution in [0.25, 0.3) is 0 Å². The second-order valence-electron chi connectivity index (χ2n) is 3.54. The normalized spacial score (nSPS) is 9.83. The first-order valence-electron chi connectivity index (χ1n) is 5.36. The van der Waals surface area contributed by atoms with E-state index in [2.05, 4.69) is 15.8 Å². The zero-order chi connectivity index (χ0) is 12.8. The van der Waals surface area contributed by atoms with Gasteiger partial charge < -0.3 is 14.6 Å². The highest BCUT2D eigenvalue weighted by atomic mass is 16.5. The van der Waals surface area contributed by atoms with Gasteiger partial charge in [0, 0.05) is 12.6 Å². The molecule has 1 heterocycles. The van der Waals surface area contributed by atoms with Crippen LogP contribution >= 0.6 is 0 Å². The first-order chi connectivity index (χ1) is 8.78. The molecule has 0 atom stereocenters. The molecule has 0 radical (unpaired) electrons. The Morgan fingerprint density at radius 3 is 3.06 bits per heavy atom. The van der Waals surface area contributed by atoms with E-state index in [1.54, 1.807) is 13.2 Å². The number of methoxy groups -OCH3 is 1. The van der Waals surface area contributed by atoms with Crippen LogP contribution in [0.3, 0.4) is 0 Å². The fourth-order valence-electron chi connectivity index (χ4n) is 1.40. The van der Waals surface area contributed by atoms with Gasteiger partial charge in [0.05, 0.1) is 13.3 Å². The van der Waals surface area contributed by atoms with E-state index in [0.29, 0.717) is 12.4 Å². The molecule has 0 aliphatic rings. The summed E-state index contributed by atoms with van der Waals surface area (Å²) >= 11 is 0. The Balaban J connectivity index is 1.85. The van der Waals surface area contributed by atoms with Crippen molar-refractivity contribution in [2.24, 2.45) is 0 Å². The van der Waals surface area contributed by atoms with Crippen LogP contribution < -0.4 is 15.4 Å². The standard InChI is InChI=1S/C12H13N3O3/c1-17-10-4-2-3-9(7-10)8-13-12(16)15-11-5-6-14-18-11/h2-7H,8H2,1H3,(H2,13,15,16). The monoisotopic (exact) mass is 247 g/mol. The minimum absolute atomic E-state index is 0.304. The quantitative estimate of drug-likeness (QED) is 0.866. The van der Waals surface area contributed by atoms with E-state index in [1.807, 2.05) is 24.3 Å². The highest BCUT2D eigenvalue weighted by molar-refractivity contribution is 5.87. The zero-order valence-electron chi connectivity index (χ0n) is 9.84. The molecule has 0 bridgehead atoms. The fourth-order valence-corrected chi connectivity index (χ4v) is 1.40. The number of nitrogens with one attached hydrogen (secondary N) is 2. The summed E-state index contributed by atoms with van der Waals surface area (Å²) in [4.78, 5) is 11.5. The first-order valence-corrected chi connectivity index (χ1v) is 5.36. The molecule has 2 amide bonds. The highest BCUT2D eigenvalue weighted by Crippen LogP contribution is 2.12. The number of amides is 2. The molecule has 0 unspecified atom stereocenters. The number of anilines is 1. The van der Waals surface area contributed by atoms with Crippen molar-refractivity contribution in [1.29, 1.82) is 0 Å². The van der Waals surface area contributed by atoms with Gasteiger partial charge in [0.2, 0.25) is 5.88 Å². The van der Waals surface area contributed by atoms with Gasteiger partial charge in [-0.3, -0.25) is 5.32 Å². The summed E-state index contributed by atoms with van der Waals surface area (Å²) < 4.78 is 9.85. The van der Waals surface area contributed by atoms with Crippen molar-refractivity contribution in [2.75, 3.05) is 12.4 Å². The van der Waals surface area contributed by atoms with Crippen LogP contribution in [0.4, 0.5) is 10.7 Å². The van der Waals surface area contributed by atoms with Gasteiger partial charge in [0.15, 0.2) is 0 Å². The van der Waals surface area contributed by atoms with Crippen LogP contribution in [0, 0.1) is 0 Å². The molecule has 0 aliphatic heterocycles. The van der Waals surface area contributed by atoms with Gasteiger partial charge >= 0.3 is 6.03 Å². The number of rotatable bonds is 4. The number of carbonyl (C=O) groups excluding carboxylic acids is 1. The van der Waals surface area contributed by atoms with Crippen LogP contribution in [0.15, 0.2) is 41.1 Å². The fraction of sp³-hybridized carbons (Fsp3) is 0.167. The van der Waals surface area contributed by atoms with Gasteiger partial charge in [-0.25, -0.2) is 4.79 Å². The summed E-state index contributed by atoms with van der Waals surface area (Å²) in [6.45, 7) is 0.400. The molecule has 6 heteroatoms. The molecule has 1 aromatic carbocycles. The average molecular weight is 247 g/mol. The predicted octanol–water partition coefficient (Wildman–Crippen LogP) is 2.00. The van der Waals surface area contributed by atoms with Crippen LogP contribution in [-0.4, -0.2) is 18.3 Å². The molecular formula is C12H13N3O3. The average Bonchev–Trinajstić information content (AvgIpc) is 2.89. The minimum atomic E-state index is -0.352. The van der Waals surface area contributed by atoms with Crippen molar-refractivity contribution >= 4 is 11.9 Å². The van der Waals surface area contributed by atoms with Crippen LogP contribution in [0.1, 0.15) is 5.56 Å². The number of aromatic nitrogens is 1. The summed E-state index contributed by atoms with van der Waals surface area (Å²) in [7, 11) is 1.60. The Kier molecular flexibility index (Phi) is 3.80. The van der Waals surface area contributed by atoms with E-state index in [1.165, 1.54) is 6.20 Å². The molecule has 0 saturated heterocycles. The van der Waals surface area contributed by atoms with Crippen molar-refractivity contribution < 1.29 is 14.1 Å². The molecule has 2 rings (SSSR count). The van der Waals surface area contributed by atoms with Gasteiger partial charge in [0.1, 0.15) is 5.75 Å². The van der Waals surface area contributed by atoms with Gasteiger partial charge in [-0.1, -0.05) is 17.3 Å². The maximum atomic E-state index is 11.5. The number of hydrogen-bond acceptors (Lipinski definition) is 4. The lowest BCUT2D eigenvalue weighted by atomic mass is 10.2. The molecule has 6 nitrogen and oxygen atoms in total. The van der Waals surface area contributed by atoms with Crippen molar-refractivity contribution in [3.8, 4) is 5.75 Å². The number of hydrogen-bond donors (Lipinski definition) is 2. The first kappa shape index (κ1) is 12.0. The second-order valence-corrected chi connectivity index (χ2v) is 3.54. The predicted molar refractivity (Wildman–Crippen MR) is 65.4 cm³/mol. The van der Waals surface area contributed by atoms with Gasteiger partial charge in [-0.2, -0.15) is 0 Å². The molecule has 0 fully saturated rings. The molecule has 1 aromatic heterocycles. The maximum absolute atomic E-state index is 11.5. The summed E-state index contributed by atoms with van der Waals surface area (Å²) in [5.74, 6) is 1.06. The van der Waals surface area contributed by atoms with Gasteiger partial charge in [0.25, 0.3) is 0 Å². The molecular weight excluding hydrogens is 234 g/mol. The number of benzene rings is 1. The molecule has 18 heavy (non-hydrogen) atoms. The molecule has 0 saturated carbocycles. The lowest BCUT2D eigenvalue weighted by molar-refractivity contribution is 0.251. The topological polar surface area (TPSA) is 76.4 Å². The van der Waals surface area contributed by atoms with E-state index in [0.717, 1.165) is 11.3 Å². The Morgan fingerprint density at radius 2 is 2.33 bits per heavy atom. The largest absolute Gasteiger partial charge is 0.497 e. The number of urea groups is 1. The summed E-state index contributed by atoms with van der Waals surface area (Å²) in [6.07, 6.45) is 1.46. The van der Waals surface area contributed by atoms with Crippen molar-refractivity contribution in [1.82, 2.24) is 10.5 Å². The second kappa shape index (κ2) is 5.72. The van der Waals surface area contributed by atoms with Crippen molar-refractivity contribution in [3.63, 3.8) is 0 Å². The maximum Gasteiger partial charge on any atom is 0.321 e. The SMILES string of the molecule is COc1cccc(CNC(=O)Nc2ccno2)c1. The summed E-state index contributed by atoms with van der Waals surface area (Å²) in [6, 6.07) is 8.67. The van der Waals surface area contributed by atoms with E-state index in [9.17, 15) is 4.79 Å². The number of carbonyl (C=O) groups is 1. The van der Waals surface area contributed by atoms with E-state index in [-0.39, 0.29) is 6.03 Å². The van der Waals surface area contributed by atoms with Gasteiger partial charge in [-0.15, -0.1) is 0 Å². The van der Waals surface area contributed by atoms with E-state index >= 15 is 0 Å². The lowest BCUT2D eigenvalue weighted by Gasteiger charge is -2.06. The molecule has 0 aliphatic carbocycles. The Labute approximate surface area is 104 Å². The van der Waals surface area contributed by atoms with Crippen molar-refractivity contribution in [3.05, 3.63) is 42.1 Å². The van der Waals surface area contributed by atoms with E-state index < -0.39 is 0 Å². The third-order valence-electron chi connectivity index (χ3n) is 2.26. The number of nitrogens with zero attached hydrogens (tertiary/aromatic N) is 1. The summed E-state index contributed by atoms with van der Waals surface area (Å²) in [5, 5.41) is 8.69. The van der Waals surface area contributed by atoms with Gasteiger partial charge in [-0.05, 0) is 17.7 Å². The zero-order valence-corrected chi connectivity index (χ0v) is 9.84. The van der Waals surface area contributed by atoms with E-state index in [4.69, 9.17) is 9.26 Å². The molecule has 94 valence electrons. The third-order valence-corrected chi connectivity index (χ3v) is 2.26. The van der Waals surface area contributed by atoms with Crippen LogP contribution in [-0.2, 0) is 6.54 Å². The molecule has 0 spiro atoms. The number of ether oxygens (including phenoxy) is 1. The minimum Gasteiger partial charge on any atom is -0.497 e. The third kappa shape index (κ3) is 3.24.